The first-order valence-electron chi connectivity index (χ1n) is 8.52. The second-order valence-electron chi connectivity index (χ2n) is 6.20. The zero-order valence-electron chi connectivity index (χ0n) is 15.5. The Labute approximate surface area is 175 Å². The van der Waals surface area contributed by atoms with Crippen LogP contribution in [0.5, 0.6) is 5.75 Å². The molecule has 4 rings (SSSR count). The van der Waals surface area contributed by atoms with Gasteiger partial charge in [-0.15, -0.1) is 0 Å². The predicted molar refractivity (Wildman–Crippen MR) is 111 cm³/mol. The number of hydrogen-bond donors (Lipinski definition) is 1. The third-order valence-electron chi connectivity index (χ3n) is 4.13. The van der Waals surface area contributed by atoms with Crippen molar-refractivity contribution >= 4 is 45.0 Å². The molecule has 2 aromatic heterocycles. The molecule has 4 nitrogen and oxygen atoms in total. The van der Waals surface area contributed by atoms with Crippen molar-refractivity contribution in [3.05, 3.63) is 76.0 Å². The minimum Gasteiger partial charge on any atom is -0.494 e. The number of aromatic nitrogens is 2. The van der Waals surface area contributed by atoms with E-state index in [4.69, 9.17) is 27.9 Å². The Morgan fingerprint density at radius 3 is 1.90 bits per heavy atom. The van der Waals surface area contributed by atoms with Crippen LogP contribution in [0.1, 0.15) is 18.6 Å². The lowest BCUT2D eigenvalue weighted by atomic mass is 10.1. The summed E-state index contributed by atoms with van der Waals surface area (Å²) in [4.78, 5) is 8.03. The van der Waals surface area contributed by atoms with Gasteiger partial charge in [-0.2, -0.15) is 0 Å². The van der Waals surface area contributed by atoms with Gasteiger partial charge in [-0.05, 0) is 43.3 Å². The highest BCUT2D eigenvalue weighted by Crippen LogP contribution is 2.27. The smallest absolute Gasteiger partial charge is 0.171 e. The van der Waals surface area contributed by atoms with Crippen LogP contribution < -0.4 is 4.74 Å². The normalized spacial score (nSPS) is 11.8. The summed E-state index contributed by atoms with van der Waals surface area (Å²) in [6.45, 7) is 1.61. The molecule has 0 amide bonds. The maximum absolute atomic E-state index is 12.9. The van der Waals surface area contributed by atoms with E-state index in [2.05, 4.69) is 9.97 Å². The molecule has 2 aromatic carbocycles. The minimum atomic E-state index is -0.681. The second kappa shape index (κ2) is 8.86. The van der Waals surface area contributed by atoms with Crippen molar-refractivity contribution < 1.29 is 18.6 Å². The fourth-order valence-electron chi connectivity index (χ4n) is 2.67. The van der Waals surface area contributed by atoms with Crippen molar-refractivity contribution in [3.63, 3.8) is 0 Å². The molecule has 0 bridgehead atoms. The molecule has 0 saturated heterocycles. The number of aliphatic hydroxyl groups is 1. The van der Waals surface area contributed by atoms with Gasteiger partial charge in [0.15, 0.2) is 10.9 Å². The molecule has 0 saturated carbocycles. The molecule has 1 atom stereocenters. The molecular formula is C21H16Cl2F2N2O2. The summed E-state index contributed by atoms with van der Waals surface area (Å²) in [5, 5.41) is 11.4. The average molecular weight is 437 g/mol. The maximum Gasteiger partial charge on any atom is 0.171 e. The van der Waals surface area contributed by atoms with Crippen molar-refractivity contribution in [3.8, 4) is 5.75 Å². The van der Waals surface area contributed by atoms with Crippen LogP contribution in [-0.2, 0) is 0 Å². The molecule has 2 heterocycles. The first kappa shape index (κ1) is 21.2. The lowest BCUT2D eigenvalue weighted by molar-refractivity contribution is 0.199. The van der Waals surface area contributed by atoms with Crippen LogP contribution in [0.4, 0.5) is 8.78 Å². The van der Waals surface area contributed by atoms with E-state index in [-0.39, 0.29) is 21.9 Å². The second-order valence-corrected chi connectivity index (χ2v) is 6.92. The van der Waals surface area contributed by atoms with Gasteiger partial charge < -0.3 is 9.84 Å². The van der Waals surface area contributed by atoms with Crippen LogP contribution >= 0.6 is 23.2 Å². The lowest BCUT2D eigenvalue weighted by Gasteiger charge is -2.08. The van der Waals surface area contributed by atoms with Gasteiger partial charge in [0, 0.05) is 28.5 Å². The number of rotatable bonds is 2. The highest BCUT2D eigenvalue weighted by molar-refractivity contribution is 6.31. The third kappa shape index (κ3) is 4.90. The van der Waals surface area contributed by atoms with Gasteiger partial charge in [0.25, 0.3) is 0 Å². The highest BCUT2D eigenvalue weighted by Gasteiger charge is 2.10. The predicted octanol–water partition coefficient (Wildman–Crippen LogP) is 6.12. The summed E-state index contributed by atoms with van der Waals surface area (Å²) >= 11 is 11.7. The van der Waals surface area contributed by atoms with Crippen molar-refractivity contribution in [2.75, 3.05) is 7.11 Å². The number of methoxy groups -OCH3 is 1. The number of nitrogens with zero attached hydrogens (tertiary/aromatic N) is 2. The monoisotopic (exact) mass is 436 g/mol. The van der Waals surface area contributed by atoms with Crippen LogP contribution in [0.15, 0.2) is 48.5 Å². The number of halogens is 4. The molecule has 8 heteroatoms. The summed E-state index contributed by atoms with van der Waals surface area (Å²) in [5.41, 5.74) is 1.57. The Morgan fingerprint density at radius 2 is 1.38 bits per heavy atom. The number of aliphatic hydroxyl groups excluding tert-OH is 1. The van der Waals surface area contributed by atoms with Crippen molar-refractivity contribution in [1.82, 2.24) is 9.97 Å². The van der Waals surface area contributed by atoms with Crippen LogP contribution in [0.3, 0.4) is 0 Å². The zero-order chi connectivity index (χ0) is 21.1. The topological polar surface area (TPSA) is 55.2 Å². The minimum absolute atomic E-state index is 0.211. The SMILES string of the molecule is CC(O)c1cc2ccc(F)cc2nc1Cl.COc1cc2ccc(F)cc2nc1Cl. The standard InChI is InChI=1S/C11H9ClFNO.C10H7ClFNO/c1-6(15)9-4-7-2-3-8(13)5-10(7)14-11(9)12;1-14-9-4-6-2-3-7(12)5-8(6)13-10(9)11/h2-6,15H,1H3;2-5H,1H3. The van der Waals surface area contributed by atoms with Crippen LogP contribution in [0.2, 0.25) is 10.3 Å². The number of ether oxygens (including phenoxy) is 1. The van der Waals surface area contributed by atoms with Crippen LogP contribution in [0.25, 0.3) is 21.8 Å². The lowest BCUT2D eigenvalue weighted by Crippen LogP contribution is -1.95. The molecule has 0 aliphatic rings. The molecule has 0 aliphatic carbocycles. The van der Waals surface area contributed by atoms with Crippen molar-refractivity contribution in [1.29, 1.82) is 0 Å². The van der Waals surface area contributed by atoms with Gasteiger partial charge in [0.1, 0.15) is 16.8 Å². The Hall–Kier alpha value is -2.54. The summed E-state index contributed by atoms with van der Waals surface area (Å²) in [7, 11) is 1.51. The summed E-state index contributed by atoms with van der Waals surface area (Å²) in [5.74, 6) is -0.187. The Balaban J connectivity index is 0.000000166. The van der Waals surface area contributed by atoms with Crippen molar-refractivity contribution in [2.45, 2.75) is 13.0 Å². The number of hydrogen-bond acceptors (Lipinski definition) is 4. The van der Waals surface area contributed by atoms with E-state index in [9.17, 15) is 13.9 Å². The fraction of sp³-hybridized carbons (Fsp3) is 0.143. The van der Waals surface area contributed by atoms with Crippen molar-refractivity contribution in [2.24, 2.45) is 0 Å². The Kier molecular flexibility index (Phi) is 6.47. The molecular weight excluding hydrogens is 421 g/mol. The van der Waals surface area contributed by atoms with E-state index < -0.39 is 6.10 Å². The van der Waals surface area contributed by atoms with Gasteiger partial charge in [-0.25, -0.2) is 18.7 Å². The molecule has 150 valence electrons. The molecule has 29 heavy (non-hydrogen) atoms. The quantitative estimate of drug-likeness (QED) is 0.384. The fourth-order valence-corrected chi connectivity index (χ4v) is 3.19. The molecule has 0 spiro atoms. The summed E-state index contributed by atoms with van der Waals surface area (Å²) in [6, 6.07) is 12.1. The van der Waals surface area contributed by atoms with E-state index in [1.165, 1.54) is 31.4 Å². The number of pyridine rings is 2. The Morgan fingerprint density at radius 1 is 0.862 bits per heavy atom. The summed E-state index contributed by atoms with van der Waals surface area (Å²) in [6.07, 6.45) is -0.681. The third-order valence-corrected chi connectivity index (χ3v) is 4.70. The van der Waals surface area contributed by atoms with E-state index in [0.29, 0.717) is 22.3 Å². The number of benzene rings is 2. The van der Waals surface area contributed by atoms with Gasteiger partial charge in [0.2, 0.25) is 0 Å². The first-order chi connectivity index (χ1) is 13.8. The average Bonchev–Trinajstić information content (AvgIpc) is 2.67. The van der Waals surface area contributed by atoms with E-state index in [0.717, 1.165) is 10.8 Å². The number of fused-ring (bicyclic) bond motifs is 2. The van der Waals surface area contributed by atoms with E-state index in [1.54, 1.807) is 31.2 Å². The zero-order valence-corrected chi connectivity index (χ0v) is 17.0. The van der Waals surface area contributed by atoms with Gasteiger partial charge >= 0.3 is 0 Å². The van der Waals surface area contributed by atoms with E-state index >= 15 is 0 Å². The van der Waals surface area contributed by atoms with Gasteiger partial charge in [-0.1, -0.05) is 23.2 Å². The molecule has 0 aliphatic heterocycles. The molecule has 1 N–H and O–H groups in total. The van der Waals surface area contributed by atoms with Gasteiger partial charge in [0.05, 0.1) is 24.2 Å². The molecule has 4 aromatic rings. The van der Waals surface area contributed by atoms with Gasteiger partial charge in [-0.3, -0.25) is 0 Å². The Bertz CT molecular complexity index is 1190. The van der Waals surface area contributed by atoms with Crippen LogP contribution in [-0.4, -0.2) is 22.2 Å². The van der Waals surface area contributed by atoms with Crippen LogP contribution in [0, 0.1) is 11.6 Å². The van der Waals surface area contributed by atoms with E-state index in [1.807, 2.05) is 0 Å². The molecule has 0 fully saturated rings. The molecule has 0 radical (unpaired) electrons. The molecule has 1 unspecified atom stereocenters. The highest BCUT2D eigenvalue weighted by atomic mass is 35.5. The first-order valence-corrected chi connectivity index (χ1v) is 9.27. The largest absolute Gasteiger partial charge is 0.494 e. The maximum atomic E-state index is 12.9. The summed E-state index contributed by atoms with van der Waals surface area (Å²) < 4.78 is 30.7.